The van der Waals surface area contributed by atoms with E-state index in [1.165, 1.54) is 0 Å². The molecule has 0 atom stereocenters. The van der Waals surface area contributed by atoms with Crippen LogP contribution in [0, 0.1) is 0 Å². The first kappa shape index (κ1) is 24.2. The van der Waals surface area contributed by atoms with E-state index in [-0.39, 0.29) is 24.4 Å². The van der Waals surface area contributed by atoms with Crippen molar-refractivity contribution in [2.24, 2.45) is 0 Å². The van der Waals surface area contributed by atoms with Gasteiger partial charge >= 0.3 is 6.09 Å². The van der Waals surface area contributed by atoms with Gasteiger partial charge in [-0.05, 0) is 68.6 Å². The molecule has 1 fully saturated rings. The number of carbonyl (C=O) groups excluding carboxylic acids is 2. The van der Waals surface area contributed by atoms with Crippen LogP contribution in [0.15, 0.2) is 59.2 Å². The minimum Gasteiger partial charge on any atom is -0.490 e. The number of ketones is 1. The number of carbonyl (C=O) groups is 2. The molecular formula is C27H29BrN2O4. The monoisotopic (exact) mass is 524 g/mol. The van der Waals surface area contributed by atoms with Gasteiger partial charge in [-0.15, -0.1) is 0 Å². The van der Waals surface area contributed by atoms with E-state index in [4.69, 9.17) is 9.47 Å². The third-order valence-corrected chi connectivity index (χ3v) is 6.15. The number of rotatable bonds is 5. The first-order valence-corrected chi connectivity index (χ1v) is 12.3. The highest BCUT2D eigenvalue weighted by atomic mass is 79.9. The second-order valence-electron chi connectivity index (χ2n) is 9.58. The molecule has 0 saturated carbocycles. The fourth-order valence-corrected chi connectivity index (χ4v) is 4.29. The van der Waals surface area contributed by atoms with E-state index in [0.717, 1.165) is 39.5 Å². The molecule has 1 saturated heterocycles. The largest absolute Gasteiger partial charge is 0.490 e. The van der Waals surface area contributed by atoms with E-state index in [2.05, 4.69) is 20.9 Å². The summed E-state index contributed by atoms with van der Waals surface area (Å²) >= 11 is 3.48. The lowest BCUT2D eigenvalue weighted by Gasteiger charge is -2.33. The number of hydrogen-bond donors (Lipinski definition) is 0. The Labute approximate surface area is 208 Å². The van der Waals surface area contributed by atoms with Crippen molar-refractivity contribution in [1.29, 1.82) is 0 Å². The summed E-state index contributed by atoms with van der Waals surface area (Å²) in [5.41, 5.74) is 0.876. The lowest BCUT2D eigenvalue weighted by Crippen LogP contribution is -2.44. The topological polar surface area (TPSA) is 68.7 Å². The van der Waals surface area contributed by atoms with Crippen molar-refractivity contribution >= 4 is 38.6 Å². The first-order chi connectivity index (χ1) is 16.2. The highest BCUT2D eigenvalue weighted by molar-refractivity contribution is 9.10. The normalized spacial score (nSPS) is 14.8. The van der Waals surface area contributed by atoms with Crippen LogP contribution in [-0.4, -0.2) is 46.6 Å². The molecule has 3 aromatic rings. The smallest absolute Gasteiger partial charge is 0.410 e. The molecule has 0 unspecified atom stereocenters. The number of fused-ring (bicyclic) bond motifs is 1. The van der Waals surface area contributed by atoms with E-state index in [1.807, 2.05) is 57.2 Å². The molecule has 4 rings (SSSR count). The molecule has 2 heterocycles. The lowest BCUT2D eigenvalue weighted by molar-refractivity contribution is 0.0126. The number of aromatic nitrogens is 1. The number of halogens is 1. The van der Waals surface area contributed by atoms with Gasteiger partial charge in [-0.3, -0.25) is 9.78 Å². The van der Waals surface area contributed by atoms with Gasteiger partial charge in [0, 0.05) is 53.2 Å². The SMILES string of the molecule is CC(C)(C)OC(=O)N1CCC(Oc2ccc(C(=O)Cc3cc4cc(Br)ccc4cn3)cc2)CC1. The number of ether oxygens (including phenoxy) is 2. The molecule has 1 amide bonds. The number of benzene rings is 2. The third-order valence-electron chi connectivity index (χ3n) is 5.65. The zero-order valence-corrected chi connectivity index (χ0v) is 21.3. The first-order valence-electron chi connectivity index (χ1n) is 11.5. The van der Waals surface area contributed by atoms with E-state index in [9.17, 15) is 9.59 Å². The summed E-state index contributed by atoms with van der Waals surface area (Å²) in [5, 5.41) is 2.09. The van der Waals surface area contributed by atoms with Gasteiger partial charge in [0.2, 0.25) is 0 Å². The van der Waals surface area contributed by atoms with Gasteiger partial charge in [-0.1, -0.05) is 22.0 Å². The van der Waals surface area contributed by atoms with Gasteiger partial charge in [0.25, 0.3) is 0 Å². The molecule has 6 nitrogen and oxygen atoms in total. The Morgan fingerprint density at radius 1 is 1.03 bits per heavy atom. The Hall–Kier alpha value is -2.93. The molecule has 0 radical (unpaired) electrons. The maximum atomic E-state index is 12.8. The van der Waals surface area contributed by atoms with Crippen molar-refractivity contribution in [3.8, 4) is 5.75 Å². The van der Waals surface area contributed by atoms with Gasteiger partial charge in [0.05, 0.1) is 6.42 Å². The summed E-state index contributed by atoms with van der Waals surface area (Å²) in [6, 6.07) is 15.2. The molecule has 0 aliphatic carbocycles. The number of nitrogens with zero attached hydrogens (tertiary/aromatic N) is 2. The predicted octanol–water partition coefficient (Wildman–Crippen LogP) is 6.20. The highest BCUT2D eigenvalue weighted by Gasteiger charge is 2.27. The number of piperidine rings is 1. The molecule has 34 heavy (non-hydrogen) atoms. The molecule has 2 aromatic carbocycles. The van der Waals surface area contributed by atoms with Crippen molar-refractivity contribution in [1.82, 2.24) is 9.88 Å². The van der Waals surface area contributed by atoms with Gasteiger partial charge in [-0.25, -0.2) is 4.79 Å². The van der Waals surface area contributed by atoms with E-state index in [1.54, 1.807) is 23.2 Å². The van der Waals surface area contributed by atoms with Gasteiger partial charge in [0.1, 0.15) is 17.5 Å². The summed E-state index contributed by atoms with van der Waals surface area (Å²) < 4.78 is 12.5. The highest BCUT2D eigenvalue weighted by Crippen LogP contribution is 2.23. The molecule has 1 aromatic heterocycles. The van der Waals surface area contributed by atoms with Gasteiger partial charge in [-0.2, -0.15) is 0 Å². The molecule has 1 aliphatic rings. The summed E-state index contributed by atoms with van der Waals surface area (Å²) in [5.74, 6) is 0.736. The van der Waals surface area contributed by atoms with Crippen LogP contribution in [0.25, 0.3) is 10.8 Å². The van der Waals surface area contributed by atoms with Crippen LogP contribution in [-0.2, 0) is 11.2 Å². The summed E-state index contributed by atoms with van der Waals surface area (Å²) in [7, 11) is 0. The van der Waals surface area contributed by atoms with Crippen LogP contribution in [0.3, 0.4) is 0 Å². The van der Waals surface area contributed by atoms with Crippen molar-refractivity contribution in [3.05, 3.63) is 70.5 Å². The maximum absolute atomic E-state index is 12.8. The van der Waals surface area contributed by atoms with Gasteiger partial charge in [0.15, 0.2) is 5.78 Å². The zero-order chi connectivity index (χ0) is 24.3. The minimum atomic E-state index is -0.495. The van der Waals surface area contributed by atoms with Crippen molar-refractivity contribution in [2.45, 2.75) is 51.7 Å². The van der Waals surface area contributed by atoms with Crippen molar-refractivity contribution < 1.29 is 19.1 Å². The Balaban J connectivity index is 1.30. The Morgan fingerprint density at radius 3 is 2.41 bits per heavy atom. The van der Waals surface area contributed by atoms with E-state index in [0.29, 0.717) is 18.7 Å². The van der Waals surface area contributed by atoms with Crippen LogP contribution in [0.4, 0.5) is 4.79 Å². The quantitative estimate of drug-likeness (QED) is 0.371. The van der Waals surface area contributed by atoms with E-state index < -0.39 is 5.60 Å². The van der Waals surface area contributed by atoms with Crippen LogP contribution in [0.1, 0.15) is 49.7 Å². The minimum absolute atomic E-state index is 0.0130. The Morgan fingerprint density at radius 2 is 1.74 bits per heavy atom. The summed E-state index contributed by atoms with van der Waals surface area (Å²) in [4.78, 5) is 31.2. The molecule has 1 aliphatic heterocycles. The van der Waals surface area contributed by atoms with Crippen molar-refractivity contribution in [2.75, 3.05) is 13.1 Å². The standard InChI is InChI=1S/C27H29BrN2O4/c1-27(2,3)34-26(32)30-12-10-24(11-13-30)33-23-8-5-18(6-9-23)25(31)16-22-15-20-14-21(28)7-4-19(20)17-29-22/h4-9,14-15,17,24H,10-13,16H2,1-3H3. The molecule has 0 spiro atoms. The summed E-state index contributed by atoms with van der Waals surface area (Å²) in [6.07, 6.45) is 3.28. The van der Waals surface area contributed by atoms with Crippen LogP contribution in [0.5, 0.6) is 5.75 Å². The van der Waals surface area contributed by atoms with Crippen LogP contribution in [0.2, 0.25) is 0 Å². The van der Waals surface area contributed by atoms with Crippen molar-refractivity contribution in [3.63, 3.8) is 0 Å². The van der Waals surface area contributed by atoms with Crippen LogP contribution < -0.4 is 4.74 Å². The second kappa shape index (κ2) is 10.1. The van der Waals surface area contributed by atoms with E-state index >= 15 is 0 Å². The fraction of sp³-hybridized carbons (Fsp3) is 0.370. The third kappa shape index (κ3) is 6.35. The number of pyridine rings is 1. The molecule has 0 N–H and O–H groups in total. The molecular weight excluding hydrogens is 496 g/mol. The lowest BCUT2D eigenvalue weighted by atomic mass is 10.0. The summed E-state index contributed by atoms with van der Waals surface area (Å²) in [6.45, 7) is 6.81. The average Bonchev–Trinajstić information content (AvgIpc) is 2.78. The fourth-order valence-electron chi connectivity index (χ4n) is 3.92. The number of hydrogen-bond acceptors (Lipinski definition) is 5. The van der Waals surface area contributed by atoms with Crippen LogP contribution >= 0.6 is 15.9 Å². The predicted molar refractivity (Wildman–Crippen MR) is 135 cm³/mol. The number of likely N-dealkylation sites (tertiary alicyclic amines) is 1. The molecule has 178 valence electrons. The average molecular weight is 525 g/mol. The van der Waals surface area contributed by atoms with Gasteiger partial charge < -0.3 is 14.4 Å². The number of amides is 1. The number of Topliss-reactive ketones (excluding diaryl/α,β-unsaturated/α-hetero) is 1. The Kier molecular flexibility index (Phi) is 7.22. The Bertz CT molecular complexity index is 1180. The maximum Gasteiger partial charge on any atom is 0.410 e. The second-order valence-corrected chi connectivity index (χ2v) is 10.5. The molecule has 7 heteroatoms. The molecule has 0 bridgehead atoms. The zero-order valence-electron chi connectivity index (χ0n) is 19.7.